The van der Waals surface area contributed by atoms with E-state index in [0.29, 0.717) is 24.3 Å². The van der Waals surface area contributed by atoms with Crippen LogP contribution in [0.5, 0.6) is 0 Å². The van der Waals surface area contributed by atoms with Crippen molar-refractivity contribution in [2.45, 2.75) is 51.2 Å². The van der Waals surface area contributed by atoms with Gasteiger partial charge in [-0.3, -0.25) is 14.3 Å². The quantitative estimate of drug-likeness (QED) is 0.806. The van der Waals surface area contributed by atoms with Gasteiger partial charge in [-0.25, -0.2) is 0 Å². The van der Waals surface area contributed by atoms with Gasteiger partial charge in [0.15, 0.2) is 5.69 Å². The lowest BCUT2D eigenvalue weighted by Gasteiger charge is -2.22. The van der Waals surface area contributed by atoms with Crippen LogP contribution in [0.4, 0.5) is 5.69 Å². The molecule has 1 aromatic heterocycles. The van der Waals surface area contributed by atoms with Crippen LogP contribution in [0.25, 0.3) is 0 Å². The van der Waals surface area contributed by atoms with Gasteiger partial charge in [0.1, 0.15) is 0 Å². The minimum atomic E-state index is -0.210. The molecule has 2 N–H and O–H groups in total. The van der Waals surface area contributed by atoms with Crippen LogP contribution in [0, 0.1) is 0 Å². The van der Waals surface area contributed by atoms with Gasteiger partial charge < -0.3 is 15.5 Å². The Morgan fingerprint density at radius 3 is 2.64 bits per heavy atom. The topological polar surface area (TPSA) is 79.3 Å². The SMILES string of the molecule is CC(=O)N(Cc1ccc(NC(=O)c2ccn(C3CCCNC3)n2)cc1)C1CC1. The molecule has 1 saturated carbocycles. The number of carbonyl (C=O) groups is 2. The average molecular weight is 381 g/mol. The standard InChI is InChI=1S/C21H27N5O2/c1-15(27)25(18-8-9-18)14-16-4-6-17(7-5-16)23-21(28)20-10-12-26(24-20)19-3-2-11-22-13-19/h4-7,10,12,18-19,22H,2-3,8-9,11,13-14H2,1H3,(H,23,28). The fourth-order valence-electron chi connectivity index (χ4n) is 3.69. The molecule has 2 fully saturated rings. The van der Waals surface area contributed by atoms with Crippen LogP contribution in [0.1, 0.15) is 54.7 Å². The Kier molecular flexibility index (Phi) is 5.43. The highest BCUT2D eigenvalue weighted by molar-refractivity contribution is 6.02. The average Bonchev–Trinajstić information content (AvgIpc) is 3.42. The van der Waals surface area contributed by atoms with Gasteiger partial charge in [0.25, 0.3) is 5.91 Å². The number of aromatic nitrogens is 2. The molecule has 0 radical (unpaired) electrons. The second-order valence-corrected chi connectivity index (χ2v) is 7.71. The van der Waals surface area contributed by atoms with Crippen LogP contribution in [0.2, 0.25) is 0 Å². The molecule has 0 spiro atoms. The van der Waals surface area contributed by atoms with E-state index >= 15 is 0 Å². The second kappa shape index (κ2) is 8.14. The van der Waals surface area contributed by atoms with E-state index in [1.54, 1.807) is 13.0 Å². The van der Waals surface area contributed by atoms with Crippen LogP contribution in [0.3, 0.4) is 0 Å². The summed E-state index contributed by atoms with van der Waals surface area (Å²) in [5, 5.41) is 10.7. The highest BCUT2D eigenvalue weighted by Crippen LogP contribution is 2.28. The molecule has 2 aromatic rings. The van der Waals surface area contributed by atoms with Crippen LogP contribution >= 0.6 is 0 Å². The summed E-state index contributed by atoms with van der Waals surface area (Å²) >= 11 is 0. The summed E-state index contributed by atoms with van der Waals surface area (Å²) in [5.74, 6) is -0.0951. The maximum absolute atomic E-state index is 12.5. The molecule has 7 nitrogen and oxygen atoms in total. The summed E-state index contributed by atoms with van der Waals surface area (Å²) in [4.78, 5) is 26.2. The number of carbonyl (C=O) groups excluding carboxylic acids is 2. The molecule has 1 saturated heterocycles. The van der Waals surface area contributed by atoms with E-state index in [1.165, 1.54) is 0 Å². The predicted octanol–water partition coefficient (Wildman–Crippen LogP) is 2.57. The molecule has 7 heteroatoms. The zero-order chi connectivity index (χ0) is 19.5. The highest BCUT2D eigenvalue weighted by atomic mass is 16.2. The summed E-state index contributed by atoms with van der Waals surface area (Å²) < 4.78 is 1.89. The molecule has 2 aliphatic rings. The van der Waals surface area contributed by atoms with E-state index in [1.807, 2.05) is 40.0 Å². The third-order valence-corrected chi connectivity index (χ3v) is 5.44. The predicted molar refractivity (Wildman–Crippen MR) is 107 cm³/mol. The van der Waals surface area contributed by atoms with Crippen LogP contribution in [0.15, 0.2) is 36.5 Å². The summed E-state index contributed by atoms with van der Waals surface area (Å²) in [6.07, 6.45) is 6.27. The number of benzene rings is 1. The highest BCUT2D eigenvalue weighted by Gasteiger charge is 2.30. The fraction of sp³-hybridized carbons (Fsp3) is 0.476. The number of hydrogen-bond donors (Lipinski definition) is 2. The minimum Gasteiger partial charge on any atom is -0.336 e. The number of piperidine rings is 1. The number of rotatable bonds is 6. The minimum absolute atomic E-state index is 0.114. The lowest BCUT2D eigenvalue weighted by molar-refractivity contribution is -0.130. The van der Waals surface area contributed by atoms with Gasteiger partial charge in [-0.2, -0.15) is 5.10 Å². The van der Waals surface area contributed by atoms with Crippen molar-refractivity contribution in [3.63, 3.8) is 0 Å². The lowest BCUT2D eigenvalue weighted by atomic mass is 10.1. The number of hydrogen-bond acceptors (Lipinski definition) is 4. The van der Waals surface area contributed by atoms with Gasteiger partial charge in [-0.1, -0.05) is 12.1 Å². The molecule has 1 aromatic carbocycles. The van der Waals surface area contributed by atoms with Crippen LogP contribution < -0.4 is 10.6 Å². The van der Waals surface area contributed by atoms with Crippen molar-refractivity contribution in [2.75, 3.05) is 18.4 Å². The van der Waals surface area contributed by atoms with E-state index in [9.17, 15) is 9.59 Å². The van der Waals surface area contributed by atoms with Crippen molar-refractivity contribution in [1.82, 2.24) is 20.0 Å². The van der Waals surface area contributed by atoms with Gasteiger partial charge in [0.05, 0.1) is 6.04 Å². The molecule has 1 aliphatic carbocycles. The van der Waals surface area contributed by atoms with E-state index in [2.05, 4.69) is 15.7 Å². The first-order chi connectivity index (χ1) is 13.6. The molecule has 0 bridgehead atoms. The Hall–Kier alpha value is -2.67. The summed E-state index contributed by atoms with van der Waals surface area (Å²) in [7, 11) is 0. The monoisotopic (exact) mass is 381 g/mol. The third-order valence-electron chi connectivity index (χ3n) is 5.44. The van der Waals surface area contributed by atoms with Crippen molar-refractivity contribution in [1.29, 1.82) is 0 Å². The maximum Gasteiger partial charge on any atom is 0.276 e. The zero-order valence-electron chi connectivity index (χ0n) is 16.2. The summed E-state index contributed by atoms with van der Waals surface area (Å²) in [6, 6.07) is 10.1. The molecular formula is C21H27N5O2. The van der Waals surface area contributed by atoms with Gasteiger partial charge in [-0.15, -0.1) is 0 Å². The van der Waals surface area contributed by atoms with Crippen molar-refractivity contribution >= 4 is 17.5 Å². The van der Waals surface area contributed by atoms with Gasteiger partial charge in [-0.05, 0) is 56.0 Å². The van der Waals surface area contributed by atoms with Crippen LogP contribution in [-0.2, 0) is 11.3 Å². The first-order valence-corrected chi connectivity index (χ1v) is 10.0. The van der Waals surface area contributed by atoms with Gasteiger partial charge in [0, 0.05) is 37.9 Å². The molecule has 1 atom stereocenters. The van der Waals surface area contributed by atoms with E-state index in [4.69, 9.17) is 0 Å². The van der Waals surface area contributed by atoms with Crippen molar-refractivity contribution < 1.29 is 9.59 Å². The molecule has 2 heterocycles. The number of nitrogens with zero attached hydrogens (tertiary/aromatic N) is 3. The molecule has 148 valence electrons. The largest absolute Gasteiger partial charge is 0.336 e. The Bertz CT molecular complexity index is 835. The van der Waals surface area contributed by atoms with E-state index in [-0.39, 0.29) is 11.8 Å². The van der Waals surface area contributed by atoms with Crippen LogP contribution in [-0.4, -0.2) is 45.6 Å². The molecule has 28 heavy (non-hydrogen) atoms. The smallest absolute Gasteiger partial charge is 0.276 e. The normalized spacial score (nSPS) is 19.2. The first kappa shape index (κ1) is 18.7. The van der Waals surface area contributed by atoms with Crippen molar-refractivity contribution in [2.24, 2.45) is 0 Å². The fourth-order valence-corrected chi connectivity index (χ4v) is 3.69. The van der Waals surface area contributed by atoms with Crippen molar-refractivity contribution in [3.05, 3.63) is 47.8 Å². The molecule has 4 rings (SSSR count). The molecular weight excluding hydrogens is 354 g/mol. The van der Waals surface area contributed by atoms with E-state index < -0.39 is 0 Å². The van der Waals surface area contributed by atoms with Gasteiger partial charge in [0.2, 0.25) is 5.91 Å². The number of anilines is 1. The Balaban J connectivity index is 1.35. The van der Waals surface area contributed by atoms with Gasteiger partial charge >= 0.3 is 0 Å². The first-order valence-electron chi connectivity index (χ1n) is 10.0. The Labute approximate surface area is 165 Å². The Morgan fingerprint density at radius 1 is 1.21 bits per heavy atom. The van der Waals surface area contributed by atoms with E-state index in [0.717, 1.165) is 50.0 Å². The van der Waals surface area contributed by atoms with Crippen molar-refractivity contribution in [3.8, 4) is 0 Å². The molecule has 1 unspecified atom stereocenters. The molecule has 1 aliphatic heterocycles. The number of nitrogens with one attached hydrogen (secondary N) is 2. The summed E-state index contributed by atoms with van der Waals surface area (Å²) in [6.45, 7) is 4.18. The molecule has 2 amide bonds. The number of amides is 2. The second-order valence-electron chi connectivity index (χ2n) is 7.71. The lowest BCUT2D eigenvalue weighted by Crippen LogP contribution is -2.32. The summed E-state index contributed by atoms with van der Waals surface area (Å²) in [5.41, 5.74) is 2.21. The Morgan fingerprint density at radius 2 is 2.00 bits per heavy atom. The maximum atomic E-state index is 12.5. The zero-order valence-corrected chi connectivity index (χ0v) is 16.2. The third kappa shape index (κ3) is 4.42.